The molecule has 2 rings (SSSR count). The maximum Gasteiger partial charge on any atom is 0.433 e. The van der Waals surface area contributed by atoms with Crippen molar-refractivity contribution >= 4 is 27.7 Å². The van der Waals surface area contributed by atoms with Gasteiger partial charge >= 0.3 is 12.4 Å². The second-order valence-corrected chi connectivity index (χ2v) is 6.48. The Bertz CT molecular complexity index is 844. The van der Waals surface area contributed by atoms with Gasteiger partial charge in [0, 0.05) is 16.9 Å². The molecule has 0 aliphatic carbocycles. The minimum absolute atomic E-state index is 0.481. The quantitative estimate of drug-likeness (QED) is 0.231. The van der Waals surface area contributed by atoms with Crippen LogP contribution in [0.1, 0.15) is 37.2 Å². The Morgan fingerprint density at radius 3 is 1.86 bits per heavy atom. The van der Waals surface area contributed by atoms with Gasteiger partial charge in [0.25, 0.3) is 0 Å². The van der Waals surface area contributed by atoms with Crippen molar-refractivity contribution < 1.29 is 31.5 Å². The van der Waals surface area contributed by atoms with Gasteiger partial charge in [-0.3, -0.25) is 9.97 Å². The molecule has 0 aliphatic rings. The zero-order valence-electron chi connectivity index (χ0n) is 15.2. The van der Waals surface area contributed by atoms with Gasteiger partial charge in [-0.05, 0) is 64.7 Å². The summed E-state index contributed by atoms with van der Waals surface area (Å²) >= 11 is 2.98. The molecule has 0 radical (unpaired) electrons. The number of aromatic nitrogens is 2. The molecule has 4 nitrogen and oxygen atoms in total. The van der Waals surface area contributed by atoms with Crippen molar-refractivity contribution in [1.29, 1.82) is 0 Å². The summed E-state index contributed by atoms with van der Waals surface area (Å²) < 4.78 is 72.9. The predicted octanol–water partition coefficient (Wildman–Crippen LogP) is 6.61. The highest BCUT2D eigenvalue weighted by atomic mass is 79.9. The van der Waals surface area contributed by atoms with Crippen LogP contribution < -0.4 is 0 Å². The Labute approximate surface area is 171 Å². The third-order valence-corrected chi connectivity index (χ3v) is 3.86. The van der Waals surface area contributed by atoms with Crippen LogP contribution in [0.3, 0.4) is 0 Å². The molecule has 2 aromatic rings. The van der Waals surface area contributed by atoms with Crippen LogP contribution in [0.5, 0.6) is 0 Å². The van der Waals surface area contributed by atoms with Crippen molar-refractivity contribution in [2.45, 2.75) is 32.6 Å². The Hall–Kier alpha value is -2.43. The molecule has 0 amide bonds. The highest BCUT2D eigenvalue weighted by Gasteiger charge is 2.32. The molecule has 0 saturated carbocycles. The first-order valence-corrected chi connectivity index (χ1v) is 8.79. The van der Waals surface area contributed by atoms with Gasteiger partial charge in [0.05, 0.1) is 5.71 Å². The second-order valence-electron chi connectivity index (χ2n) is 5.56. The van der Waals surface area contributed by atoms with Crippen molar-refractivity contribution in [3.05, 3.63) is 63.7 Å². The molecule has 11 heteroatoms. The van der Waals surface area contributed by atoms with Gasteiger partial charge in [0.1, 0.15) is 11.4 Å². The maximum absolute atomic E-state index is 12.3. The van der Waals surface area contributed by atoms with Crippen molar-refractivity contribution in [1.82, 2.24) is 9.97 Å². The third-order valence-electron chi connectivity index (χ3n) is 3.39. The number of rotatable bonds is 3. The van der Waals surface area contributed by atoms with Crippen LogP contribution in [0.25, 0.3) is 6.08 Å². The van der Waals surface area contributed by atoms with Crippen molar-refractivity contribution in [2.24, 2.45) is 5.16 Å². The van der Waals surface area contributed by atoms with Crippen LogP contribution >= 0.6 is 15.9 Å². The molecule has 0 aromatic carbocycles. The fourth-order valence-electron chi connectivity index (χ4n) is 1.96. The molecule has 0 fully saturated rings. The van der Waals surface area contributed by atoms with E-state index in [-0.39, 0.29) is 0 Å². The largest absolute Gasteiger partial charge is 0.433 e. The van der Waals surface area contributed by atoms with Gasteiger partial charge in [-0.1, -0.05) is 18.1 Å². The standard InChI is InChI=1S/C12H13F3N2O.C6H3BrF3N/c1-3-10(17-18)8(2)6-9-4-5-11(16-7-9)12(13,14)15;7-4-1-2-5(11-3-4)6(8,9)10/h4-7,18H,3H2,1-2H3;1-3H/b8-6+,17-10+;. The van der Waals surface area contributed by atoms with Gasteiger partial charge in [0.15, 0.2) is 0 Å². The summed E-state index contributed by atoms with van der Waals surface area (Å²) in [5.74, 6) is 0. The maximum atomic E-state index is 12.3. The molecule has 0 saturated heterocycles. The minimum atomic E-state index is -4.43. The second kappa shape index (κ2) is 10.4. The SMILES string of the molecule is CCC(=N\O)/C(C)=C/c1ccc(C(F)(F)F)nc1.FC(F)(F)c1ccc(Br)cn1. The van der Waals surface area contributed by atoms with Crippen LogP contribution in [0.4, 0.5) is 26.3 Å². The van der Waals surface area contributed by atoms with Crippen LogP contribution in [0.2, 0.25) is 0 Å². The molecule has 2 aromatic heterocycles. The fraction of sp³-hybridized carbons (Fsp3) is 0.278. The third kappa shape index (κ3) is 8.22. The van der Waals surface area contributed by atoms with Gasteiger partial charge in [-0.15, -0.1) is 0 Å². The number of oxime groups is 1. The van der Waals surface area contributed by atoms with E-state index in [4.69, 9.17) is 5.21 Å². The molecule has 2 heterocycles. The number of alkyl halides is 6. The molecular weight excluding hydrogens is 468 g/mol. The van der Waals surface area contributed by atoms with E-state index in [1.165, 1.54) is 12.1 Å². The molecule has 0 bridgehead atoms. The Morgan fingerprint density at radius 1 is 1.00 bits per heavy atom. The number of halogens is 7. The molecular formula is C18H16BrF6N3O. The molecule has 158 valence electrons. The highest BCUT2D eigenvalue weighted by molar-refractivity contribution is 9.10. The van der Waals surface area contributed by atoms with Gasteiger partial charge in [-0.2, -0.15) is 26.3 Å². The van der Waals surface area contributed by atoms with Crippen molar-refractivity contribution in [3.8, 4) is 0 Å². The topological polar surface area (TPSA) is 58.4 Å². The Morgan fingerprint density at radius 2 is 1.52 bits per heavy atom. The normalized spacial score (nSPS) is 13.0. The summed E-state index contributed by atoms with van der Waals surface area (Å²) in [4.78, 5) is 6.52. The number of nitrogens with zero attached hydrogens (tertiary/aromatic N) is 3. The van der Waals surface area contributed by atoms with E-state index in [1.54, 1.807) is 13.0 Å². The first kappa shape index (κ1) is 24.6. The van der Waals surface area contributed by atoms with E-state index in [1.807, 2.05) is 6.92 Å². The van der Waals surface area contributed by atoms with Gasteiger partial charge in [0.2, 0.25) is 0 Å². The molecule has 0 spiro atoms. The summed E-state index contributed by atoms with van der Waals surface area (Å²) in [5.41, 5.74) is -0.115. The number of hydrogen-bond donors (Lipinski definition) is 1. The monoisotopic (exact) mass is 483 g/mol. The van der Waals surface area contributed by atoms with E-state index >= 15 is 0 Å². The first-order chi connectivity index (χ1) is 13.4. The lowest BCUT2D eigenvalue weighted by Crippen LogP contribution is -2.07. The molecule has 1 N–H and O–H groups in total. The summed E-state index contributed by atoms with van der Waals surface area (Å²) in [6, 6.07) is 4.46. The lowest BCUT2D eigenvalue weighted by Gasteiger charge is -2.05. The van der Waals surface area contributed by atoms with E-state index in [9.17, 15) is 26.3 Å². The number of pyridine rings is 2. The van der Waals surface area contributed by atoms with E-state index in [2.05, 4.69) is 31.1 Å². The first-order valence-electron chi connectivity index (χ1n) is 8.00. The average molecular weight is 484 g/mol. The average Bonchev–Trinajstić information content (AvgIpc) is 2.62. The fourth-order valence-corrected chi connectivity index (χ4v) is 2.20. The predicted molar refractivity (Wildman–Crippen MR) is 99.3 cm³/mol. The molecule has 29 heavy (non-hydrogen) atoms. The smallest absolute Gasteiger partial charge is 0.411 e. The number of allylic oxidation sites excluding steroid dienone is 1. The molecule has 0 unspecified atom stereocenters. The zero-order chi connectivity index (χ0) is 22.2. The van der Waals surface area contributed by atoms with Crippen LogP contribution in [-0.2, 0) is 12.4 Å². The highest BCUT2D eigenvalue weighted by Crippen LogP contribution is 2.28. The van der Waals surface area contributed by atoms with E-state index < -0.39 is 23.7 Å². The molecule has 0 aliphatic heterocycles. The van der Waals surface area contributed by atoms with Crippen LogP contribution in [0.15, 0.2) is 51.9 Å². The lowest BCUT2D eigenvalue weighted by molar-refractivity contribution is -0.142. The van der Waals surface area contributed by atoms with Crippen LogP contribution in [0, 0.1) is 0 Å². The Balaban J connectivity index is 0.000000326. The lowest BCUT2D eigenvalue weighted by atomic mass is 10.1. The van der Waals surface area contributed by atoms with Crippen LogP contribution in [-0.4, -0.2) is 20.9 Å². The van der Waals surface area contributed by atoms with E-state index in [0.717, 1.165) is 24.5 Å². The summed E-state index contributed by atoms with van der Waals surface area (Å²) in [5, 5.41) is 11.8. The summed E-state index contributed by atoms with van der Waals surface area (Å²) in [6.07, 6.45) is -4.38. The van der Waals surface area contributed by atoms with Crippen molar-refractivity contribution in [2.75, 3.05) is 0 Å². The Kier molecular flexibility index (Phi) is 8.80. The van der Waals surface area contributed by atoms with Crippen molar-refractivity contribution in [3.63, 3.8) is 0 Å². The number of hydrogen-bond acceptors (Lipinski definition) is 4. The minimum Gasteiger partial charge on any atom is -0.411 e. The molecule has 0 atom stereocenters. The zero-order valence-corrected chi connectivity index (χ0v) is 16.8. The van der Waals surface area contributed by atoms with Gasteiger partial charge in [-0.25, -0.2) is 0 Å². The van der Waals surface area contributed by atoms with Gasteiger partial charge < -0.3 is 5.21 Å². The van der Waals surface area contributed by atoms with E-state index in [0.29, 0.717) is 27.7 Å². The summed E-state index contributed by atoms with van der Waals surface area (Å²) in [7, 11) is 0. The summed E-state index contributed by atoms with van der Waals surface area (Å²) in [6.45, 7) is 3.54.